The highest BCUT2D eigenvalue weighted by Crippen LogP contribution is 2.20. The molecule has 3 heterocycles. The highest BCUT2D eigenvalue weighted by molar-refractivity contribution is 5.94. The summed E-state index contributed by atoms with van der Waals surface area (Å²) in [7, 11) is 0. The maximum atomic E-state index is 12.8. The van der Waals surface area contributed by atoms with Gasteiger partial charge in [-0.25, -0.2) is 15.0 Å². The zero-order chi connectivity index (χ0) is 20.9. The molecule has 2 aromatic heterocycles. The molecule has 0 saturated carbocycles. The fourth-order valence-electron chi connectivity index (χ4n) is 3.37. The monoisotopic (exact) mass is 399 g/mol. The molecule has 1 amide bonds. The normalized spacial score (nSPS) is 13.6. The van der Waals surface area contributed by atoms with Crippen molar-refractivity contribution in [2.45, 2.75) is 6.92 Å². The van der Waals surface area contributed by atoms with E-state index in [0.717, 1.165) is 17.2 Å². The Morgan fingerprint density at radius 2 is 1.83 bits per heavy atom. The second-order valence-electron chi connectivity index (χ2n) is 7.08. The van der Waals surface area contributed by atoms with E-state index < -0.39 is 0 Å². The van der Waals surface area contributed by atoms with Crippen LogP contribution in [0.25, 0.3) is 0 Å². The van der Waals surface area contributed by atoms with Crippen molar-refractivity contribution in [2.75, 3.05) is 36.4 Å². The first-order valence-corrected chi connectivity index (χ1v) is 9.68. The minimum atomic E-state index is -0.0534. The molecule has 30 heavy (non-hydrogen) atoms. The first kappa shape index (κ1) is 19.3. The lowest BCUT2D eigenvalue weighted by molar-refractivity contribution is 0.0746. The molecule has 0 unspecified atom stereocenters. The van der Waals surface area contributed by atoms with Gasteiger partial charge in [-0.15, -0.1) is 0 Å². The number of amides is 1. The Morgan fingerprint density at radius 3 is 2.60 bits per heavy atom. The van der Waals surface area contributed by atoms with Crippen LogP contribution in [0.15, 0.2) is 55.0 Å². The first-order valence-electron chi connectivity index (χ1n) is 9.68. The number of aryl methyl sites for hydroxylation is 1. The van der Waals surface area contributed by atoms with Gasteiger partial charge in [-0.2, -0.15) is 5.26 Å². The Morgan fingerprint density at radius 1 is 1.03 bits per heavy atom. The summed E-state index contributed by atoms with van der Waals surface area (Å²) in [5.41, 5.74) is 2.15. The Bertz CT molecular complexity index is 1100. The van der Waals surface area contributed by atoms with E-state index in [1.165, 1.54) is 6.33 Å². The number of piperazine rings is 1. The molecule has 8 nitrogen and oxygen atoms in total. The lowest BCUT2D eigenvalue weighted by atomic mass is 10.1. The number of rotatable bonds is 4. The van der Waals surface area contributed by atoms with Crippen molar-refractivity contribution in [3.63, 3.8) is 0 Å². The smallest absolute Gasteiger partial charge is 0.254 e. The predicted octanol–water partition coefficient (Wildman–Crippen LogP) is 2.76. The number of nitriles is 1. The zero-order valence-corrected chi connectivity index (χ0v) is 16.6. The molecule has 0 aliphatic carbocycles. The predicted molar refractivity (Wildman–Crippen MR) is 114 cm³/mol. The Balaban J connectivity index is 1.40. The number of pyridine rings is 1. The molecule has 150 valence electrons. The van der Waals surface area contributed by atoms with Crippen LogP contribution >= 0.6 is 0 Å². The molecule has 0 spiro atoms. The van der Waals surface area contributed by atoms with Gasteiger partial charge in [0.1, 0.15) is 23.8 Å². The quantitative estimate of drug-likeness (QED) is 0.720. The topological polar surface area (TPSA) is 98.0 Å². The van der Waals surface area contributed by atoms with Crippen molar-refractivity contribution in [1.29, 1.82) is 5.26 Å². The molecular formula is C22H21N7O. The number of anilines is 3. The molecule has 0 atom stereocenters. The summed E-state index contributed by atoms with van der Waals surface area (Å²) < 4.78 is 0. The average molecular weight is 399 g/mol. The van der Waals surface area contributed by atoms with Gasteiger partial charge in [0.2, 0.25) is 0 Å². The number of aromatic nitrogens is 3. The van der Waals surface area contributed by atoms with Crippen LogP contribution in [0.3, 0.4) is 0 Å². The molecule has 1 aliphatic heterocycles. The van der Waals surface area contributed by atoms with Crippen LogP contribution in [0.2, 0.25) is 0 Å². The van der Waals surface area contributed by atoms with Crippen LogP contribution in [0.1, 0.15) is 21.5 Å². The third-order valence-corrected chi connectivity index (χ3v) is 4.95. The largest absolute Gasteiger partial charge is 0.353 e. The lowest BCUT2D eigenvalue weighted by Gasteiger charge is -2.35. The highest BCUT2D eigenvalue weighted by atomic mass is 16.2. The number of nitrogens with zero attached hydrogens (tertiary/aromatic N) is 6. The van der Waals surface area contributed by atoms with Crippen molar-refractivity contribution < 1.29 is 4.79 Å². The zero-order valence-electron chi connectivity index (χ0n) is 16.6. The van der Waals surface area contributed by atoms with E-state index in [1.807, 2.05) is 30.0 Å². The second-order valence-corrected chi connectivity index (χ2v) is 7.08. The van der Waals surface area contributed by atoms with Crippen molar-refractivity contribution in [3.05, 3.63) is 71.7 Å². The molecule has 8 heteroatoms. The van der Waals surface area contributed by atoms with E-state index in [1.54, 1.807) is 30.5 Å². The van der Waals surface area contributed by atoms with Crippen LogP contribution < -0.4 is 10.2 Å². The van der Waals surface area contributed by atoms with Gasteiger partial charge < -0.3 is 15.1 Å². The van der Waals surface area contributed by atoms with Gasteiger partial charge in [-0.05, 0) is 42.8 Å². The van der Waals surface area contributed by atoms with Crippen molar-refractivity contribution >= 4 is 23.4 Å². The number of carbonyl (C=O) groups excluding carboxylic acids is 1. The minimum absolute atomic E-state index is 0.0534. The van der Waals surface area contributed by atoms with Gasteiger partial charge in [0.05, 0.1) is 11.6 Å². The lowest BCUT2D eigenvalue weighted by Crippen LogP contribution is -2.49. The third kappa shape index (κ3) is 4.36. The highest BCUT2D eigenvalue weighted by Gasteiger charge is 2.23. The van der Waals surface area contributed by atoms with Crippen LogP contribution in [0.5, 0.6) is 0 Å². The van der Waals surface area contributed by atoms with Gasteiger partial charge in [0.25, 0.3) is 5.91 Å². The Hall–Kier alpha value is -3.99. The fraction of sp³-hybridized carbons (Fsp3) is 0.227. The summed E-state index contributed by atoms with van der Waals surface area (Å²) >= 11 is 0. The minimum Gasteiger partial charge on any atom is -0.353 e. The summed E-state index contributed by atoms with van der Waals surface area (Å²) in [6, 6.07) is 14.7. The molecule has 3 aromatic rings. The molecule has 1 N–H and O–H groups in total. The van der Waals surface area contributed by atoms with Gasteiger partial charge >= 0.3 is 0 Å². The van der Waals surface area contributed by atoms with E-state index in [2.05, 4.69) is 31.2 Å². The SMILES string of the molecule is Cc1ccnc(Nc2cc(N3CCN(C(=O)c4cccc(C#N)c4)CC3)ncn2)c1. The van der Waals surface area contributed by atoms with Crippen LogP contribution in [0, 0.1) is 18.3 Å². The van der Waals surface area contributed by atoms with Gasteiger partial charge in [-0.1, -0.05) is 6.07 Å². The first-order chi connectivity index (χ1) is 14.6. The number of nitrogens with one attached hydrogen (secondary N) is 1. The number of hydrogen-bond acceptors (Lipinski definition) is 7. The average Bonchev–Trinajstić information content (AvgIpc) is 2.79. The van der Waals surface area contributed by atoms with Crippen LogP contribution in [0.4, 0.5) is 17.5 Å². The molecule has 0 radical (unpaired) electrons. The maximum Gasteiger partial charge on any atom is 0.254 e. The maximum absolute atomic E-state index is 12.8. The van der Waals surface area contributed by atoms with Crippen LogP contribution in [-0.4, -0.2) is 51.9 Å². The van der Waals surface area contributed by atoms with Crippen LogP contribution in [-0.2, 0) is 0 Å². The Labute approximate surface area is 174 Å². The van der Waals surface area contributed by atoms with Crippen molar-refractivity contribution in [3.8, 4) is 6.07 Å². The summed E-state index contributed by atoms with van der Waals surface area (Å²) in [5, 5.41) is 12.2. The van der Waals surface area contributed by atoms with E-state index in [4.69, 9.17) is 5.26 Å². The van der Waals surface area contributed by atoms with E-state index >= 15 is 0 Å². The molecule has 1 fully saturated rings. The molecule has 1 aromatic carbocycles. The third-order valence-electron chi connectivity index (χ3n) is 4.95. The number of benzene rings is 1. The van der Waals surface area contributed by atoms with Gasteiger partial charge in [0.15, 0.2) is 0 Å². The van der Waals surface area contributed by atoms with E-state index in [9.17, 15) is 4.79 Å². The summed E-state index contributed by atoms with van der Waals surface area (Å²) in [4.78, 5) is 29.7. The molecule has 1 saturated heterocycles. The van der Waals surface area contributed by atoms with E-state index in [-0.39, 0.29) is 5.91 Å². The second kappa shape index (κ2) is 8.57. The standard InChI is InChI=1S/C22H21N7O/c1-16-5-6-24-19(11-16)27-20-13-21(26-15-25-20)28-7-9-29(10-8-28)22(30)18-4-2-3-17(12-18)14-23/h2-6,11-13,15H,7-10H2,1H3,(H,24,25,26,27). The number of carbonyl (C=O) groups is 1. The Kier molecular flexibility index (Phi) is 5.52. The van der Waals surface area contributed by atoms with Crippen molar-refractivity contribution in [1.82, 2.24) is 19.9 Å². The fourth-order valence-corrected chi connectivity index (χ4v) is 3.37. The molecular weight excluding hydrogens is 378 g/mol. The number of hydrogen-bond donors (Lipinski definition) is 1. The summed E-state index contributed by atoms with van der Waals surface area (Å²) in [6.07, 6.45) is 3.28. The molecule has 4 rings (SSSR count). The molecule has 0 bridgehead atoms. The van der Waals surface area contributed by atoms with Gasteiger partial charge in [0, 0.05) is 44.0 Å². The van der Waals surface area contributed by atoms with Crippen molar-refractivity contribution in [2.24, 2.45) is 0 Å². The summed E-state index contributed by atoms with van der Waals surface area (Å²) in [6.45, 7) is 4.52. The van der Waals surface area contributed by atoms with E-state index in [0.29, 0.717) is 43.1 Å². The summed E-state index contributed by atoms with van der Waals surface area (Å²) in [5.74, 6) is 2.15. The van der Waals surface area contributed by atoms with Gasteiger partial charge in [-0.3, -0.25) is 4.79 Å². The molecule has 1 aliphatic rings.